The predicted molar refractivity (Wildman–Crippen MR) is 96.5 cm³/mol. The summed E-state index contributed by atoms with van der Waals surface area (Å²) < 4.78 is 0.976. The Morgan fingerprint density at radius 3 is 2.29 bits per heavy atom. The number of hydrogen-bond donors (Lipinski definition) is 2. The first-order valence-corrected chi connectivity index (χ1v) is 8.07. The number of nitrogen functional groups attached to an aromatic ring is 1. The fourth-order valence-corrected chi connectivity index (χ4v) is 2.37. The van der Waals surface area contributed by atoms with Crippen molar-refractivity contribution in [2.75, 3.05) is 29.0 Å². The summed E-state index contributed by atoms with van der Waals surface area (Å²) in [5, 5.41) is 20.8. The summed E-state index contributed by atoms with van der Waals surface area (Å²) in [6, 6.07) is 11.8. The van der Waals surface area contributed by atoms with Gasteiger partial charge in [-0.25, -0.2) is 9.97 Å². The molecule has 122 valence electrons. The minimum Gasteiger partial charge on any atom is -0.393 e. The van der Waals surface area contributed by atoms with E-state index in [1.807, 2.05) is 29.2 Å². The molecular formula is C16H16BrN7. The van der Waals surface area contributed by atoms with E-state index in [0.29, 0.717) is 43.3 Å². The van der Waals surface area contributed by atoms with Crippen LogP contribution in [0.5, 0.6) is 0 Å². The van der Waals surface area contributed by atoms with Gasteiger partial charge in [0.15, 0.2) is 11.6 Å². The lowest BCUT2D eigenvalue weighted by molar-refractivity contribution is 0.782. The van der Waals surface area contributed by atoms with Crippen LogP contribution in [0.15, 0.2) is 35.1 Å². The molecule has 1 aromatic heterocycles. The van der Waals surface area contributed by atoms with Crippen LogP contribution in [0.4, 0.5) is 23.0 Å². The smallest absolute Gasteiger partial charge is 0.159 e. The van der Waals surface area contributed by atoms with Gasteiger partial charge in [0.05, 0.1) is 25.0 Å². The number of benzene rings is 1. The molecule has 24 heavy (non-hydrogen) atoms. The molecular weight excluding hydrogens is 370 g/mol. The second-order valence-corrected chi connectivity index (χ2v) is 5.81. The van der Waals surface area contributed by atoms with Gasteiger partial charge in [-0.2, -0.15) is 10.5 Å². The van der Waals surface area contributed by atoms with Gasteiger partial charge in [-0.15, -0.1) is 0 Å². The van der Waals surface area contributed by atoms with E-state index >= 15 is 0 Å². The molecule has 0 fully saturated rings. The molecule has 0 saturated heterocycles. The van der Waals surface area contributed by atoms with E-state index < -0.39 is 0 Å². The normalized spacial score (nSPS) is 9.79. The summed E-state index contributed by atoms with van der Waals surface area (Å²) in [5.74, 6) is 1.01. The zero-order valence-electron chi connectivity index (χ0n) is 12.9. The summed E-state index contributed by atoms with van der Waals surface area (Å²) >= 11 is 3.39. The monoisotopic (exact) mass is 385 g/mol. The van der Waals surface area contributed by atoms with E-state index in [1.165, 1.54) is 6.33 Å². The molecule has 7 nitrogen and oxygen atoms in total. The summed E-state index contributed by atoms with van der Waals surface area (Å²) in [7, 11) is 0. The third-order valence-corrected chi connectivity index (χ3v) is 3.79. The number of aromatic nitrogens is 2. The van der Waals surface area contributed by atoms with Crippen molar-refractivity contribution in [3.8, 4) is 12.1 Å². The average Bonchev–Trinajstić information content (AvgIpc) is 2.59. The molecule has 0 saturated carbocycles. The van der Waals surface area contributed by atoms with Crippen LogP contribution in [-0.2, 0) is 0 Å². The van der Waals surface area contributed by atoms with Crippen molar-refractivity contribution in [3.63, 3.8) is 0 Å². The second-order valence-electron chi connectivity index (χ2n) is 4.89. The fourth-order valence-electron chi connectivity index (χ4n) is 2.10. The van der Waals surface area contributed by atoms with E-state index in [2.05, 4.69) is 43.4 Å². The van der Waals surface area contributed by atoms with Crippen LogP contribution in [-0.4, -0.2) is 23.1 Å². The van der Waals surface area contributed by atoms with E-state index in [9.17, 15) is 0 Å². The highest BCUT2D eigenvalue weighted by Crippen LogP contribution is 2.29. The highest BCUT2D eigenvalue weighted by atomic mass is 79.9. The van der Waals surface area contributed by atoms with Gasteiger partial charge >= 0.3 is 0 Å². The standard InChI is InChI=1S/C16H16BrN7/c17-12-3-5-13(6-4-12)23-15-14(20)16(22-11-21-15)24(9-1-7-18)10-2-8-19/h3-6,11H,1-2,9-10,20H2,(H,21,22,23). The van der Waals surface area contributed by atoms with E-state index in [4.69, 9.17) is 16.3 Å². The number of rotatable bonds is 7. The molecule has 1 aromatic carbocycles. The van der Waals surface area contributed by atoms with Gasteiger partial charge < -0.3 is 16.0 Å². The maximum absolute atomic E-state index is 8.81. The Kier molecular flexibility index (Phi) is 6.35. The molecule has 0 aliphatic carbocycles. The third-order valence-electron chi connectivity index (χ3n) is 3.26. The fraction of sp³-hybridized carbons (Fsp3) is 0.250. The van der Waals surface area contributed by atoms with Gasteiger partial charge in [-0.1, -0.05) is 15.9 Å². The number of halogens is 1. The van der Waals surface area contributed by atoms with Crippen LogP contribution < -0.4 is 16.0 Å². The summed E-state index contributed by atoms with van der Waals surface area (Å²) in [5.41, 5.74) is 7.43. The number of nitrogens with two attached hydrogens (primary N) is 1. The Morgan fingerprint density at radius 1 is 1.08 bits per heavy atom. The lowest BCUT2D eigenvalue weighted by atomic mass is 10.3. The first-order chi connectivity index (χ1) is 11.7. The minimum atomic E-state index is 0.324. The molecule has 1 heterocycles. The van der Waals surface area contributed by atoms with Crippen LogP contribution in [0, 0.1) is 22.7 Å². The zero-order chi connectivity index (χ0) is 17.4. The maximum Gasteiger partial charge on any atom is 0.159 e. The molecule has 0 spiro atoms. The predicted octanol–water partition coefficient (Wildman–Crippen LogP) is 3.20. The quantitative estimate of drug-likeness (QED) is 0.751. The zero-order valence-corrected chi connectivity index (χ0v) is 14.5. The first kappa shape index (κ1) is 17.5. The number of nitrogens with zero attached hydrogens (tertiary/aromatic N) is 5. The summed E-state index contributed by atoms with van der Waals surface area (Å²) in [6.07, 6.45) is 2.06. The molecule has 0 amide bonds. The lowest BCUT2D eigenvalue weighted by Gasteiger charge is -2.23. The molecule has 2 aromatic rings. The van der Waals surface area contributed by atoms with E-state index in [1.54, 1.807) is 0 Å². The Bertz CT molecular complexity index is 743. The lowest BCUT2D eigenvalue weighted by Crippen LogP contribution is -2.27. The van der Waals surface area contributed by atoms with Crippen molar-refractivity contribution in [1.82, 2.24) is 9.97 Å². The average molecular weight is 386 g/mol. The van der Waals surface area contributed by atoms with Crippen LogP contribution >= 0.6 is 15.9 Å². The summed E-state index contributed by atoms with van der Waals surface area (Å²) in [4.78, 5) is 10.2. The van der Waals surface area contributed by atoms with Gasteiger partial charge in [0, 0.05) is 23.2 Å². The molecule has 0 radical (unpaired) electrons. The molecule has 0 aliphatic heterocycles. The summed E-state index contributed by atoms with van der Waals surface area (Å²) in [6.45, 7) is 0.911. The molecule has 8 heteroatoms. The van der Waals surface area contributed by atoms with Crippen molar-refractivity contribution in [2.45, 2.75) is 12.8 Å². The number of hydrogen-bond acceptors (Lipinski definition) is 7. The number of anilines is 4. The van der Waals surface area contributed by atoms with Gasteiger partial charge in [0.25, 0.3) is 0 Å². The van der Waals surface area contributed by atoms with Crippen LogP contribution in [0.1, 0.15) is 12.8 Å². The molecule has 0 bridgehead atoms. The van der Waals surface area contributed by atoms with Gasteiger partial charge in [-0.05, 0) is 24.3 Å². The van der Waals surface area contributed by atoms with Crippen LogP contribution in [0.2, 0.25) is 0 Å². The minimum absolute atomic E-state index is 0.324. The molecule has 2 rings (SSSR count). The van der Waals surface area contributed by atoms with E-state index in [-0.39, 0.29) is 0 Å². The van der Waals surface area contributed by atoms with Gasteiger partial charge in [0.2, 0.25) is 0 Å². The number of nitriles is 2. The third kappa shape index (κ3) is 4.58. The molecule has 0 aliphatic rings. The topological polar surface area (TPSA) is 115 Å². The SMILES string of the molecule is N#CCCN(CCC#N)c1ncnc(Nc2ccc(Br)cc2)c1N. The van der Waals surface area contributed by atoms with Crippen molar-refractivity contribution < 1.29 is 0 Å². The Labute approximate surface area is 148 Å². The van der Waals surface area contributed by atoms with Gasteiger partial charge in [-0.3, -0.25) is 0 Å². The van der Waals surface area contributed by atoms with Crippen molar-refractivity contribution in [3.05, 3.63) is 35.1 Å². The van der Waals surface area contributed by atoms with E-state index in [0.717, 1.165) is 10.2 Å². The Balaban J connectivity index is 2.25. The van der Waals surface area contributed by atoms with Crippen molar-refractivity contribution in [2.24, 2.45) is 0 Å². The second kappa shape index (κ2) is 8.70. The molecule has 0 atom stereocenters. The van der Waals surface area contributed by atoms with Crippen LogP contribution in [0.3, 0.4) is 0 Å². The first-order valence-electron chi connectivity index (χ1n) is 7.27. The van der Waals surface area contributed by atoms with Gasteiger partial charge in [0.1, 0.15) is 12.0 Å². The highest BCUT2D eigenvalue weighted by Gasteiger charge is 2.15. The highest BCUT2D eigenvalue weighted by molar-refractivity contribution is 9.10. The molecule has 3 N–H and O–H groups in total. The Morgan fingerprint density at radius 2 is 1.71 bits per heavy atom. The van der Waals surface area contributed by atoms with Crippen LogP contribution in [0.25, 0.3) is 0 Å². The number of nitrogens with one attached hydrogen (secondary N) is 1. The largest absolute Gasteiger partial charge is 0.393 e. The molecule has 0 unspecified atom stereocenters. The van der Waals surface area contributed by atoms with Crippen molar-refractivity contribution in [1.29, 1.82) is 10.5 Å². The maximum atomic E-state index is 8.81. The van der Waals surface area contributed by atoms with Crippen molar-refractivity contribution >= 4 is 38.9 Å². The Hall–Kier alpha value is -2.84.